The SMILES string of the molecule is CC#Cc1cccc(NS(=O)(=O)c2ccccc2)c1. The molecule has 2 rings (SSSR count). The van der Waals surface area contributed by atoms with Gasteiger partial charge in [-0.3, -0.25) is 4.72 Å². The number of rotatable bonds is 3. The molecule has 0 unspecified atom stereocenters. The van der Waals surface area contributed by atoms with Crippen LogP contribution >= 0.6 is 0 Å². The van der Waals surface area contributed by atoms with E-state index >= 15 is 0 Å². The summed E-state index contributed by atoms with van der Waals surface area (Å²) in [5, 5.41) is 0. The smallest absolute Gasteiger partial charge is 0.261 e. The van der Waals surface area contributed by atoms with Crippen LogP contribution in [0.5, 0.6) is 0 Å². The molecule has 0 bridgehead atoms. The third kappa shape index (κ3) is 3.36. The molecule has 0 saturated heterocycles. The molecule has 19 heavy (non-hydrogen) atoms. The first kappa shape index (κ1) is 13.2. The number of hydrogen-bond acceptors (Lipinski definition) is 2. The number of sulfonamides is 1. The van der Waals surface area contributed by atoms with Gasteiger partial charge in [0, 0.05) is 5.56 Å². The molecule has 0 aromatic heterocycles. The van der Waals surface area contributed by atoms with Crippen molar-refractivity contribution >= 4 is 15.7 Å². The molecule has 1 N–H and O–H groups in total. The zero-order chi connectivity index (χ0) is 13.7. The molecule has 0 atom stereocenters. The molecule has 0 fully saturated rings. The Kier molecular flexibility index (Phi) is 3.88. The summed E-state index contributed by atoms with van der Waals surface area (Å²) in [6.07, 6.45) is 0. The molecule has 2 aromatic rings. The Morgan fingerprint density at radius 2 is 1.74 bits per heavy atom. The second-order valence-electron chi connectivity index (χ2n) is 3.87. The highest BCUT2D eigenvalue weighted by atomic mass is 32.2. The van der Waals surface area contributed by atoms with Crippen LogP contribution in [0.2, 0.25) is 0 Å². The lowest BCUT2D eigenvalue weighted by Crippen LogP contribution is -2.12. The van der Waals surface area contributed by atoms with E-state index in [0.29, 0.717) is 5.69 Å². The summed E-state index contributed by atoms with van der Waals surface area (Å²) in [5.74, 6) is 5.67. The summed E-state index contributed by atoms with van der Waals surface area (Å²) < 4.78 is 26.8. The Balaban J connectivity index is 2.30. The van der Waals surface area contributed by atoms with Gasteiger partial charge in [-0.1, -0.05) is 30.2 Å². The van der Waals surface area contributed by atoms with Gasteiger partial charge in [-0.2, -0.15) is 0 Å². The molecular weight excluding hydrogens is 258 g/mol. The highest BCUT2D eigenvalue weighted by molar-refractivity contribution is 7.92. The van der Waals surface area contributed by atoms with Gasteiger partial charge in [0.05, 0.1) is 10.6 Å². The average molecular weight is 271 g/mol. The van der Waals surface area contributed by atoms with Crippen LogP contribution in [0.4, 0.5) is 5.69 Å². The van der Waals surface area contributed by atoms with Gasteiger partial charge in [0.1, 0.15) is 0 Å². The maximum Gasteiger partial charge on any atom is 0.261 e. The quantitative estimate of drug-likeness (QED) is 0.872. The Labute approximate surface area is 113 Å². The standard InChI is InChI=1S/C15H13NO2S/c1-2-7-13-8-6-9-14(12-13)16-19(17,18)15-10-4-3-5-11-15/h3-6,8-12,16H,1H3. The molecule has 2 aromatic carbocycles. The molecule has 0 aliphatic heterocycles. The van der Waals surface area contributed by atoms with Crippen molar-refractivity contribution in [1.82, 2.24) is 0 Å². The lowest BCUT2D eigenvalue weighted by molar-refractivity contribution is 0.601. The van der Waals surface area contributed by atoms with Crippen molar-refractivity contribution in [3.8, 4) is 11.8 Å². The number of hydrogen-bond donors (Lipinski definition) is 1. The fraction of sp³-hybridized carbons (Fsp3) is 0.0667. The molecule has 0 amide bonds. The van der Waals surface area contributed by atoms with Crippen LogP contribution < -0.4 is 4.72 Å². The highest BCUT2D eigenvalue weighted by Crippen LogP contribution is 2.16. The molecule has 0 spiro atoms. The third-order valence-corrected chi connectivity index (χ3v) is 3.83. The van der Waals surface area contributed by atoms with Crippen molar-refractivity contribution in [3.05, 3.63) is 60.2 Å². The molecule has 0 radical (unpaired) electrons. The summed E-state index contributed by atoms with van der Waals surface area (Å²) >= 11 is 0. The van der Waals surface area contributed by atoms with Gasteiger partial charge in [0.25, 0.3) is 10.0 Å². The summed E-state index contributed by atoms with van der Waals surface area (Å²) in [7, 11) is -3.54. The van der Waals surface area contributed by atoms with Crippen molar-refractivity contribution in [2.45, 2.75) is 11.8 Å². The van der Waals surface area contributed by atoms with Crippen LogP contribution in [-0.2, 0) is 10.0 Å². The summed E-state index contributed by atoms with van der Waals surface area (Å²) in [6, 6.07) is 15.3. The Hall–Kier alpha value is -2.25. The topological polar surface area (TPSA) is 46.2 Å². The Morgan fingerprint density at radius 3 is 2.42 bits per heavy atom. The minimum Gasteiger partial charge on any atom is -0.280 e. The van der Waals surface area contributed by atoms with E-state index in [2.05, 4.69) is 16.6 Å². The van der Waals surface area contributed by atoms with Gasteiger partial charge in [-0.05, 0) is 37.3 Å². The molecule has 96 valence electrons. The summed E-state index contributed by atoms with van der Waals surface area (Å²) in [5.41, 5.74) is 1.28. The van der Waals surface area contributed by atoms with E-state index in [4.69, 9.17) is 0 Å². The van der Waals surface area contributed by atoms with E-state index in [1.165, 1.54) is 0 Å². The maximum absolute atomic E-state index is 12.1. The van der Waals surface area contributed by atoms with Crippen molar-refractivity contribution in [2.24, 2.45) is 0 Å². The molecule has 0 heterocycles. The van der Waals surface area contributed by atoms with Crippen LogP contribution in [-0.4, -0.2) is 8.42 Å². The van der Waals surface area contributed by atoms with Gasteiger partial charge in [0.15, 0.2) is 0 Å². The van der Waals surface area contributed by atoms with Crippen LogP contribution in [0, 0.1) is 11.8 Å². The maximum atomic E-state index is 12.1. The first-order chi connectivity index (χ1) is 9.12. The predicted molar refractivity (Wildman–Crippen MR) is 76.2 cm³/mol. The molecule has 0 aliphatic rings. The molecule has 4 heteroatoms. The van der Waals surface area contributed by atoms with Crippen molar-refractivity contribution < 1.29 is 8.42 Å². The monoisotopic (exact) mass is 271 g/mol. The fourth-order valence-corrected chi connectivity index (χ4v) is 2.69. The second-order valence-corrected chi connectivity index (χ2v) is 5.56. The average Bonchev–Trinajstić information content (AvgIpc) is 2.40. The van der Waals surface area contributed by atoms with E-state index in [-0.39, 0.29) is 4.90 Å². The van der Waals surface area contributed by atoms with Gasteiger partial charge >= 0.3 is 0 Å². The fourth-order valence-electron chi connectivity index (χ4n) is 1.62. The zero-order valence-corrected chi connectivity index (χ0v) is 11.2. The zero-order valence-electron chi connectivity index (χ0n) is 10.4. The first-order valence-electron chi connectivity index (χ1n) is 5.72. The van der Waals surface area contributed by atoms with Crippen molar-refractivity contribution in [1.29, 1.82) is 0 Å². The lowest BCUT2D eigenvalue weighted by Gasteiger charge is -2.08. The van der Waals surface area contributed by atoms with E-state index in [1.807, 2.05) is 6.07 Å². The number of anilines is 1. The van der Waals surface area contributed by atoms with Gasteiger partial charge in [0.2, 0.25) is 0 Å². The summed E-state index contributed by atoms with van der Waals surface area (Å²) in [4.78, 5) is 0.238. The lowest BCUT2D eigenvalue weighted by atomic mass is 10.2. The van der Waals surface area contributed by atoms with E-state index in [1.54, 1.807) is 55.5 Å². The van der Waals surface area contributed by atoms with Gasteiger partial charge < -0.3 is 0 Å². The third-order valence-electron chi connectivity index (χ3n) is 2.44. The Bertz CT molecular complexity index is 725. The number of nitrogens with one attached hydrogen (secondary N) is 1. The Morgan fingerprint density at radius 1 is 1.00 bits per heavy atom. The normalized spacial score (nSPS) is 10.4. The van der Waals surface area contributed by atoms with Crippen LogP contribution in [0.25, 0.3) is 0 Å². The van der Waals surface area contributed by atoms with E-state index in [0.717, 1.165) is 5.56 Å². The molecule has 3 nitrogen and oxygen atoms in total. The largest absolute Gasteiger partial charge is 0.280 e. The van der Waals surface area contributed by atoms with Gasteiger partial charge in [-0.25, -0.2) is 8.42 Å². The molecular formula is C15H13NO2S. The molecule has 0 saturated carbocycles. The molecule has 0 aliphatic carbocycles. The minimum absolute atomic E-state index is 0.238. The van der Waals surface area contributed by atoms with Crippen LogP contribution in [0.15, 0.2) is 59.5 Å². The van der Waals surface area contributed by atoms with Crippen LogP contribution in [0.1, 0.15) is 12.5 Å². The highest BCUT2D eigenvalue weighted by Gasteiger charge is 2.13. The van der Waals surface area contributed by atoms with Crippen molar-refractivity contribution in [3.63, 3.8) is 0 Å². The minimum atomic E-state index is -3.54. The second kappa shape index (κ2) is 5.59. The van der Waals surface area contributed by atoms with Crippen LogP contribution in [0.3, 0.4) is 0 Å². The first-order valence-corrected chi connectivity index (χ1v) is 7.21. The van der Waals surface area contributed by atoms with Crippen molar-refractivity contribution in [2.75, 3.05) is 4.72 Å². The van der Waals surface area contributed by atoms with E-state index in [9.17, 15) is 8.42 Å². The predicted octanol–water partition coefficient (Wildman–Crippen LogP) is 2.86. The van der Waals surface area contributed by atoms with Gasteiger partial charge in [-0.15, -0.1) is 5.92 Å². The summed E-state index contributed by atoms with van der Waals surface area (Å²) in [6.45, 7) is 1.74. The van der Waals surface area contributed by atoms with E-state index < -0.39 is 10.0 Å². The number of benzene rings is 2.